The standard InChI is InChI=1S/C27H26N4O/c32-27-23-9-1-4-10-24(23)28-19-31(27)20-13-15-29(16-14-20)17-18-30-25-11-5-2-7-21(25)22-8-3-6-12-26(22)30/h1-12,19-20H,13-18H2. The fraction of sp³-hybridized carbons (Fsp3) is 0.259. The first-order valence-electron chi connectivity index (χ1n) is 11.4. The summed E-state index contributed by atoms with van der Waals surface area (Å²) in [5.41, 5.74) is 3.46. The van der Waals surface area contributed by atoms with E-state index in [1.807, 2.05) is 28.8 Å². The van der Waals surface area contributed by atoms with E-state index < -0.39 is 0 Å². The highest BCUT2D eigenvalue weighted by atomic mass is 16.1. The second kappa shape index (κ2) is 7.92. The molecule has 0 amide bonds. The molecule has 0 N–H and O–H groups in total. The van der Waals surface area contributed by atoms with Gasteiger partial charge < -0.3 is 9.47 Å². The van der Waals surface area contributed by atoms with Crippen molar-refractivity contribution >= 4 is 32.7 Å². The Morgan fingerprint density at radius 2 is 1.34 bits per heavy atom. The Morgan fingerprint density at radius 3 is 2.03 bits per heavy atom. The monoisotopic (exact) mass is 422 g/mol. The molecule has 5 heteroatoms. The van der Waals surface area contributed by atoms with Crippen LogP contribution in [0, 0.1) is 0 Å². The summed E-state index contributed by atoms with van der Waals surface area (Å²) < 4.78 is 4.31. The summed E-state index contributed by atoms with van der Waals surface area (Å²) in [6.45, 7) is 3.98. The Labute approximate surface area is 186 Å². The normalized spacial score (nSPS) is 15.8. The van der Waals surface area contributed by atoms with E-state index in [1.165, 1.54) is 21.8 Å². The molecule has 1 aliphatic heterocycles. The summed E-state index contributed by atoms with van der Waals surface area (Å²) in [6.07, 6.45) is 3.70. The molecule has 0 atom stereocenters. The highest BCUT2D eigenvalue weighted by Gasteiger charge is 2.22. The van der Waals surface area contributed by atoms with Gasteiger partial charge in [0.15, 0.2) is 0 Å². The van der Waals surface area contributed by atoms with Crippen molar-refractivity contribution in [2.75, 3.05) is 19.6 Å². The smallest absolute Gasteiger partial charge is 0.261 e. The van der Waals surface area contributed by atoms with Crippen molar-refractivity contribution in [3.05, 3.63) is 89.5 Å². The van der Waals surface area contributed by atoms with Gasteiger partial charge in [-0.1, -0.05) is 48.5 Å². The summed E-state index contributed by atoms with van der Waals surface area (Å²) >= 11 is 0. The van der Waals surface area contributed by atoms with E-state index in [0.717, 1.165) is 44.5 Å². The van der Waals surface area contributed by atoms with Gasteiger partial charge >= 0.3 is 0 Å². The maximum atomic E-state index is 12.9. The van der Waals surface area contributed by atoms with Gasteiger partial charge in [0.1, 0.15) is 0 Å². The van der Waals surface area contributed by atoms with Gasteiger partial charge in [0.05, 0.1) is 17.2 Å². The molecule has 160 valence electrons. The van der Waals surface area contributed by atoms with Gasteiger partial charge in [-0.15, -0.1) is 0 Å². The molecule has 0 radical (unpaired) electrons. The Bertz CT molecular complexity index is 1420. The predicted molar refractivity (Wildman–Crippen MR) is 130 cm³/mol. The number of likely N-dealkylation sites (tertiary alicyclic amines) is 1. The van der Waals surface area contributed by atoms with Crippen molar-refractivity contribution in [2.24, 2.45) is 0 Å². The molecule has 5 aromatic rings. The molecule has 0 spiro atoms. The van der Waals surface area contributed by atoms with Crippen LogP contribution in [0.5, 0.6) is 0 Å². The van der Waals surface area contributed by atoms with Crippen molar-refractivity contribution in [3.8, 4) is 0 Å². The van der Waals surface area contributed by atoms with E-state index in [-0.39, 0.29) is 11.6 Å². The molecule has 2 aromatic heterocycles. The molecule has 32 heavy (non-hydrogen) atoms. The first-order chi connectivity index (χ1) is 15.8. The summed E-state index contributed by atoms with van der Waals surface area (Å²) in [4.78, 5) is 20.0. The topological polar surface area (TPSA) is 43.1 Å². The van der Waals surface area contributed by atoms with Gasteiger partial charge in [0.2, 0.25) is 0 Å². The molecule has 0 aliphatic carbocycles. The molecular formula is C27H26N4O. The molecule has 0 unspecified atom stereocenters. The SMILES string of the molecule is O=c1c2ccccc2ncn1C1CCN(CCn2c3ccccc3c3ccccc32)CC1. The second-order valence-corrected chi connectivity index (χ2v) is 8.73. The van der Waals surface area contributed by atoms with Crippen molar-refractivity contribution in [3.63, 3.8) is 0 Å². The molecule has 1 aliphatic rings. The van der Waals surface area contributed by atoms with Crippen LogP contribution in [0.4, 0.5) is 0 Å². The second-order valence-electron chi connectivity index (χ2n) is 8.73. The predicted octanol–water partition coefficient (Wildman–Crippen LogP) is 4.84. The van der Waals surface area contributed by atoms with Crippen LogP contribution in [-0.2, 0) is 6.54 Å². The minimum atomic E-state index is 0.0827. The molecule has 0 bridgehead atoms. The van der Waals surface area contributed by atoms with Gasteiger partial charge in [-0.05, 0) is 37.1 Å². The van der Waals surface area contributed by atoms with Crippen molar-refractivity contribution in [2.45, 2.75) is 25.4 Å². The number of piperidine rings is 1. The number of para-hydroxylation sites is 3. The van der Waals surface area contributed by atoms with Crippen LogP contribution in [-0.4, -0.2) is 38.7 Å². The van der Waals surface area contributed by atoms with Gasteiger partial charge in [0, 0.05) is 54.0 Å². The quantitative estimate of drug-likeness (QED) is 0.416. The van der Waals surface area contributed by atoms with Crippen molar-refractivity contribution in [1.29, 1.82) is 0 Å². The lowest BCUT2D eigenvalue weighted by Crippen LogP contribution is -2.39. The summed E-state index contributed by atoms with van der Waals surface area (Å²) in [5, 5.41) is 3.36. The van der Waals surface area contributed by atoms with E-state index in [2.05, 4.69) is 63.0 Å². The third-order valence-corrected chi connectivity index (χ3v) is 6.96. The number of nitrogens with zero attached hydrogens (tertiary/aromatic N) is 4. The number of benzene rings is 3. The highest BCUT2D eigenvalue weighted by molar-refractivity contribution is 6.07. The lowest BCUT2D eigenvalue weighted by Gasteiger charge is -2.33. The summed E-state index contributed by atoms with van der Waals surface area (Å²) in [6, 6.07) is 25.2. The van der Waals surface area contributed by atoms with Gasteiger partial charge in [-0.2, -0.15) is 0 Å². The van der Waals surface area contributed by atoms with Gasteiger partial charge in [-0.25, -0.2) is 4.98 Å². The number of rotatable bonds is 4. The molecular weight excluding hydrogens is 396 g/mol. The first kappa shape index (κ1) is 19.3. The number of fused-ring (bicyclic) bond motifs is 4. The fourth-order valence-electron chi connectivity index (χ4n) is 5.25. The average Bonchev–Trinajstić information content (AvgIpc) is 3.17. The molecule has 3 heterocycles. The van der Waals surface area contributed by atoms with E-state index in [4.69, 9.17) is 0 Å². The van der Waals surface area contributed by atoms with Crippen LogP contribution in [0.1, 0.15) is 18.9 Å². The number of hydrogen-bond acceptors (Lipinski definition) is 3. The molecule has 1 saturated heterocycles. The Hall–Kier alpha value is -3.44. The van der Waals surface area contributed by atoms with E-state index >= 15 is 0 Å². The summed E-state index contributed by atoms with van der Waals surface area (Å²) in [5.74, 6) is 0. The average molecular weight is 423 g/mol. The van der Waals surface area contributed by atoms with E-state index in [9.17, 15) is 4.79 Å². The maximum Gasteiger partial charge on any atom is 0.261 e. The highest BCUT2D eigenvalue weighted by Crippen LogP contribution is 2.29. The van der Waals surface area contributed by atoms with Crippen LogP contribution in [0.15, 0.2) is 83.9 Å². The minimum Gasteiger partial charge on any atom is -0.339 e. The van der Waals surface area contributed by atoms with Crippen molar-refractivity contribution < 1.29 is 0 Å². The van der Waals surface area contributed by atoms with E-state index in [1.54, 1.807) is 6.33 Å². The van der Waals surface area contributed by atoms with E-state index in [0.29, 0.717) is 5.39 Å². The molecule has 3 aromatic carbocycles. The third kappa shape index (κ3) is 3.21. The van der Waals surface area contributed by atoms with Crippen LogP contribution < -0.4 is 5.56 Å². The van der Waals surface area contributed by atoms with Crippen LogP contribution in [0.25, 0.3) is 32.7 Å². The van der Waals surface area contributed by atoms with Crippen LogP contribution in [0.3, 0.4) is 0 Å². The lowest BCUT2D eigenvalue weighted by molar-refractivity contribution is 0.180. The Balaban J connectivity index is 1.18. The molecule has 6 rings (SSSR count). The Kier molecular flexibility index (Phi) is 4.76. The lowest BCUT2D eigenvalue weighted by atomic mass is 10.0. The first-order valence-corrected chi connectivity index (χ1v) is 11.4. The summed E-state index contributed by atoms with van der Waals surface area (Å²) in [7, 11) is 0. The minimum absolute atomic E-state index is 0.0827. The number of hydrogen-bond donors (Lipinski definition) is 0. The van der Waals surface area contributed by atoms with Crippen molar-refractivity contribution in [1.82, 2.24) is 19.0 Å². The maximum absolute atomic E-state index is 12.9. The zero-order chi connectivity index (χ0) is 21.5. The third-order valence-electron chi connectivity index (χ3n) is 6.96. The zero-order valence-electron chi connectivity index (χ0n) is 18.0. The molecule has 5 nitrogen and oxygen atoms in total. The van der Waals surface area contributed by atoms with Crippen LogP contribution in [0.2, 0.25) is 0 Å². The van der Waals surface area contributed by atoms with Gasteiger partial charge in [-0.3, -0.25) is 9.36 Å². The fourth-order valence-corrected chi connectivity index (χ4v) is 5.25. The van der Waals surface area contributed by atoms with Gasteiger partial charge in [0.25, 0.3) is 5.56 Å². The molecule has 0 saturated carbocycles. The zero-order valence-corrected chi connectivity index (χ0v) is 18.0. The molecule has 1 fully saturated rings. The van der Waals surface area contributed by atoms with Crippen LogP contribution >= 0.6 is 0 Å². The number of aromatic nitrogens is 3. The largest absolute Gasteiger partial charge is 0.339 e. The Morgan fingerprint density at radius 1 is 0.750 bits per heavy atom.